The number of aryl methyl sites for hydroxylation is 2. The minimum Gasteiger partial charge on any atom is -0.497 e. The Labute approximate surface area is 191 Å². The van der Waals surface area contributed by atoms with Crippen molar-refractivity contribution in [1.82, 2.24) is 10.3 Å². The fourth-order valence-electron chi connectivity index (χ4n) is 3.13. The first-order chi connectivity index (χ1) is 15.8. The number of carbonyl (C=O) groups is 3. The highest BCUT2D eigenvalue weighted by atomic mass is 16.5. The van der Waals surface area contributed by atoms with Gasteiger partial charge in [-0.15, -0.1) is 0 Å². The Bertz CT molecular complexity index is 1210. The van der Waals surface area contributed by atoms with Crippen LogP contribution >= 0.6 is 0 Å². The summed E-state index contributed by atoms with van der Waals surface area (Å²) < 4.78 is 15.5. The Kier molecular flexibility index (Phi) is 7.45. The highest BCUT2D eigenvalue weighted by molar-refractivity contribution is 5.98. The predicted molar refractivity (Wildman–Crippen MR) is 123 cm³/mol. The summed E-state index contributed by atoms with van der Waals surface area (Å²) in [6.07, 6.45) is 0. The van der Waals surface area contributed by atoms with E-state index in [0.29, 0.717) is 28.4 Å². The number of nitrogens with one attached hydrogen (secondary N) is 2. The van der Waals surface area contributed by atoms with E-state index in [0.717, 1.165) is 10.9 Å². The average Bonchev–Trinajstić information content (AvgIpc) is 2.80. The molecular formula is C24H25N3O6. The smallest absolute Gasteiger partial charge is 0.340 e. The topological polar surface area (TPSA) is 116 Å². The van der Waals surface area contributed by atoms with Crippen LogP contribution in [0.1, 0.15) is 21.6 Å². The van der Waals surface area contributed by atoms with Crippen LogP contribution in [-0.2, 0) is 14.3 Å². The predicted octanol–water partition coefficient (Wildman–Crippen LogP) is 2.78. The molecule has 3 aromatic rings. The molecule has 2 aromatic carbocycles. The number of pyridine rings is 1. The van der Waals surface area contributed by atoms with Crippen LogP contribution in [0.3, 0.4) is 0 Å². The maximum absolute atomic E-state index is 12.5. The molecule has 33 heavy (non-hydrogen) atoms. The molecule has 0 bridgehead atoms. The van der Waals surface area contributed by atoms with Crippen molar-refractivity contribution in [2.24, 2.45) is 0 Å². The molecule has 9 heteroatoms. The molecule has 0 saturated carbocycles. The maximum Gasteiger partial charge on any atom is 0.340 e. The van der Waals surface area contributed by atoms with E-state index >= 15 is 0 Å². The SMILES string of the molecule is COc1ccc2cc(C(=O)OCC(=O)NCC(=O)Nc3cc(C)ccc3OC)c(C)nc2c1. The zero-order valence-electron chi connectivity index (χ0n) is 18.9. The molecule has 2 N–H and O–H groups in total. The first-order valence-electron chi connectivity index (χ1n) is 10.1. The van der Waals surface area contributed by atoms with Crippen molar-refractivity contribution in [3.05, 3.63) is 59.3 Å². The van der Waals surface area contributed by atoms with E-state index in [2.05, 4.69) is 15.6 Å². The largest absolute Gasteiger partial charge is 0.497 e. The number of methoxy groups -OCH3 is 2. The van der Waals surface area contributed by atoms with E-state index in [4.69, 9.17) is 14.2 Å². The van der Waals surface area contributed by atoms with E-state index in [-0.39, 0.29) is 12.1 Å². The van der Waals surface area contributed by atoms with Gasteiger partial charge in [0.15, 0.2) is 6.61 Å². The molecule has 0 unspecified atom stereocenters. The third-order valence-corrected chi connectivity index (χ3v) is 4.84. The number of rotatable bonds is 8. The van der Waals surface area contributed by atoms with E-state index < -0.39 is 24.4 Å². The van der Waals surface area contributed by atoms with E-state index in [1.54, 1.807) is 50.4 Å². The zero-order chi connectivity index (χ0) is 24.0. The van der Waals surface area contributed by atoms with E-state index in [1.807, 2.05) is 13.0 Å². The van der Waals surface area contributed by atoms with Crippen molar-refractivity contribution in [2.45, 2.75) is 13.8 Å². The molecule has 0 fully saturated rings. The van der Waals surface area contributed by atoms with Crippen LogP contribution in [0.15, 0.2) is 42.5 Å². The van der Waals surface area contributed by atoms with Gasteiger partial charge in [-0.25, -0.2) is 4.79 Å². The number of esters is 1. The van der Waals surface area contributed by atoms with Crippen LogP contribution in [0.2, 0.25) is 0 Å². The number of aromatic nitrogens is 1. The summed E-state index contributed by atoms with van der Waals surface area (Å²) in [6.45, 7) is 2.75. The molecule has 1 aromatic heterocycles. The molecule has 3 rings (SSSR count). The second-order valence-corrected chi connectivity index (χ2v) is 7.28. The fourth-order valence-corrected chi connectivity index (χ4v) is 3.13. The Morgan fingerprint density at radius 3 is 2.45 bits per heavy atom. The minimum atomic E-state index is -0.679. The van der Waals surface area contributed by atoms with Crippen molar-refractivity contribution >= 4 is 34.4 Å². The lowest BCUT2D eigenvalue weighted by atomic mass is 10.1. The van der Waals surface area contributed by atoms with Crippen molar-refractivity contribution in [3.8, 4) is 11.5 Å². The Morgan fingerprint density at radius 1 is 0.939 bits per heavy atom. The Morgan fingerprint density at radius 2 is 1.73 bits per heavy atom. The lowest BCUT2D eigenvalue weighted by molar-refractivity contribution is -0.126. The van der Waals surface area contributed by atoms with Gasteiger partial charge >= 0.3 is 5.97 Å². The third kappa shape index (κ3) is 5.97. The number of fused-ring (bicyclic) bond motifs is 1. The molecule has 1 heterocycles. The van der Waals surface area contributed by atoms with Gasteiger partial charge in [-0.3, -0.25) is 14.6 Å². The number of ether oxygens (including phenoxy) is 3. The van der Waals surface area contributed by atoms with Gasteiger partial charge in [0.05, 0.1) is 43.2 Å². The monoisotopic (exact) mass is 451 g/mol. The van der Waals surface area contributed by atoms with Crippen molar-refractivity contribution in [2.75, 3.05) is 32.7 Å². The Balaban J connectivity index is 1.53. The van der Waals surface area contributed by atoms with Gasteiger partial charge < -0.3 is 24.8 Å². The standard InChI is InChI=1S/C24H25N3O6/c1-14-5-8-21(32-4)20(9-14)27-22(28)12-25-23(29)13-33-24(30)18-10-16-6-7-17(31-3)11-19(16)26-15(18)2/h5-11H,12-13H2,1-4H3,(H,25,29)(H,27,28). The van der Waals surface area contributed by atoms with Crippen LogP contribution in [0.5, 0.6) is 11.5 Å². The quantitative estimate of drug-likeness (QED) is 0.506. The normalized spacial score (nSPS) is 10.4. The lowest BCUT2D eigenvalue weighted by Crippen LogP contribution is -2.35. The zero-order valence-corrected chi connectivity index (χ0v) is 18.9. The highest BCUT2D eigenvalue weighted by Gasteiger charge is 2.16. The van der Waals surface area contributed by atoms with E-state index in [1.165, 1.54) is 7.11 Å². The summed E-state index contributed by atoms with van der Waals surface area (Å²) in [6, 6.07) is 12.3. The molecule has 0 aliphatic rings. The molecule has 172 valence electrons. The van der Waals surface area contributed by atoms with Crippen molar-refractivity contribution in [3.63, 3.8) is 0 Å². The number of anilines is 1. The summed E-state index contributed by atoms with van der Waals surface area (Å²) in [5, 5.41) is 5.83. The van der Waals surface area contributed by atoms with Crippen molar-refractivity contribution in [1.29, 1.82) is 0 Å². The number of benzene rings is 2. The molecule has 2 amide bonds. The van der Waals surface area contributed by atoms with Gasteiger partial charge in [0.25, 0.3) is 5.91 Å². The van der Waals surface area contributed by atoms with Crippen LogP contribution in [-0.4, -0.2) is 50.1 Å². The summed E-state index contributed by atoms with van der Waals surface area (Å²) in [5.41, 5.74) is 2.84. The number of hydrogen-bond donors (Lipinski definition) is 2. The Hall–Kier alpha value is -4.14. The molecule has 0 aliphatic carbocycles. The molecule has 9 nitrogen and oxygen atoms in total. The molecule has 0 atom stereocenters. The summed E-state index contributed by atoms with van der Waals surface area (Å²) in [5.74, 6) is -0.561. The minimum absolute atomic E-state index is 0.254. The number of carbonyl (C=O) groups excluding carboxylic acids is 3. The first kappa shape index (κ1) is 23.5. The van der Waals surface area contributed by atoms with Gasteiger partial charge in [0.1, 0.15) is 11.5 Å². The highest BCUT2D eigenvalue weighted by Crippen LogP contribution is 2.25. The first-order valence-corrected chi connectivity index (χ1v) is 10.1. The van der Waals surface area contributed by atoms with Gasteiger partial charge in [0.2, 0.25) is 5.91 Å². The summed E-state index contributed by atoms with van der Waals surface area (Å²) in [4.78, 5) is 41.1. The number of nitrogens with zero attached hydrogens (tertiary/aromatic N) is 1. The second-order valence-electron chi connectivity index (χ2n) is 7.28. The molecule has 0 spiro atoms. The van der Waals surface area contributed by atoms with Crippen LogP contribution in [0.4, 0.5) is 5.69 Å². The third-order valence-electron chi connectivity index (χ3n) is 4.84. The second kappa shape index (κ2) is 10.4. The maximum atomic E-state index is 12.5. The van der Waals surface area contributed by atoms with Gasteiger partial charge in [-0.2, -0.15) is 0 Å². The molecule has 0 saturated heterocycles. The van der Waals surface area contributed by atoms with E-state index in [9.17, 15) is 14.4 Å². The molecular weight excluding hydrogens is 426 g/mol. The van der Waals surface area contributed by atoms with Gasteiger partial charge in [-0.1, -0.05) is 6.07 Å². The van der Waals surface area contributed by atoms with Gasteiger partial charge in [-0.05, 0) is 49.7 Å². The molecule has 0 aliphatic heterocycles. The lowest BCUT2D eigenvalue weighted by Gasteiger charge is -2.12. The number of amides is 2. The fraction of sp³-hybridized carbons (Fsp3) is 0.250. The van der Waals surface area contributed by atoms with Crippen LogP contribution in [0.25, 0.3) is 10.9 Å². The van der Waals surface area contributed by atoms with Gasteiger partial charge in [0, 0.05) is 11.5 Å². The van der Waals surface area contributed by atoms with Crippen LogP contribution < -0.4 is 20.1 Å². The summed E-state index contributed by atoms with van der Waals surface area (Å²) >= 11 is 0. The number of hydrogen-bond acceptors (Lipinski definition) is 7. The molecule has 0 radical (unpaired) electrons. The van der Waals surface area contributed by atoms with Crippen LogP contribution in [0, 0.1) is 13.8 Å². The average molecular weight is 451 g/mol. The summed E-state index contributed by atoms with van der Waals surface area (Å²) in [7, 11) is 3.06. The van der Waals surface area contributed by atoms with Crippen molar-refractivity contribution < 1.29 is 28.6 Å².